The van der Waals surface area contributed by atoms with E-state index in [4.69, 9.17) is 13.6 Å². The van der Waals surface area contributed by atoms with Gasteiger partial charge in [-0.15, -0.1) is 0 Å². The number of phosphoric ester groups is 1. The SMILES string of the molecule is [CH2]CCCOP1(=O)OCCCCO1. The summed E-state index contributed by atoms with van der Waals surface area (Å²) in [5.41, 5.74) is 0. The summed E-state index contributed by atoms with van der Waals surface area (Å²) in [4.78, 5) is 0. The van der Waals surface area contributed by atoms with Crippen LogP contribution in [0.4, 0.5) is 0 Å². The van der Waals surface area contributed by atoms with Gasteiger partial charge in [-0.25, -0.2) is 4.57 Å². The minimum Gasteiger partial charge on any atom is -0.287 e. The number of rotatable bonds is 4. The van der Waals surface area contributed by atoms with Crippen molar-refractivity contribution in [1.29, 1.82) is 0 Å². The summed E-state index contributed by atoms with van der Waals surface area (Å²) in [6, 6.07) is 0. The van der Waals surface area contributed by atoms with E-state index in [0.717, 1.165) is 25.7 Å². The molecule has 0 amide bonds. The fraction of sp³-hybridized carbons (Fsp3) is 0.875. The molecule has 0 N–H and O–H groups in total. The van der Waals surface area contributed by atoms with Crippen molar-refractivity contribution in [2.45, 2.75) is 25.7 Å². The molecule has 0 aromatic heterocycles. The molecule has 0 atom stereocenters. The van der Waals surface area contributed by atoms with Gasteiger partial charge in [0.25, 0.3) is 0 Å². The Morgan fingerprint density at radius 3 is 2.46 bits per heavy atom. The number of hydrogen-bond acceptors (Lipinski definition) is 4. The first-order chi connectivity index (χ1) is 6.27. The lowest BCUT2D eigenvalue weighted by molar-refractivity contribution is 0.131. The maximum absolute atomic E-state index is 11.6. The van der Waals surface area contributed by atoms with Gasteiger partial charge in [-0.2, -0.15) is 0 Å². The van der Waals surface area contributed by atoms with Crippen LogP contribution in [0.2, 0.25) is 0 Å². The van der Waals surface area contributed by atoms with Crippen LogP contribution >= 0.6 is 7.82 Å². The van der Waals surface area contributed by atoms with E-state index >= 15 is 0 Å². The summed E-state index contributed by atoms with van der Waals surface area (Å²) < 4.78 is 26.8. The maximum Gasteiger partial charge on any atom is 0.474 e. The number of phosphoric acid groups is 1. The first-order valence-corrected chi connectivity index (χ1v) is 6.06. The molecule has 1 heterocycles. The molecule has 4 nitrogen and oxygen atoms in total. The van der Waals surface area contributed by atoms with Gasteiger partial charge < -0.3 is 0 Å². The molecule has 0 saturated carbocycles. The zero-order chi connectivity index (χ0) is 9.57. The van der Waals surface area contributed by atoms with Crippen molar-refractivity contribution >= 4 is 7.82 Å². The average Bonchev–Trinajstić information content (AvgIpc) is 2.31. The van der Waals surface area contributed by atoms with Gasteiger partial charge in [0, 0.05) is 0 Å². The number of hydrogen-bond donors (Lipinski definition) is 0. The lowest BCUT2D eigenvalue weighted by Crippen LogP contribution is -1.99. The monoisotopic (exact) mass is 207 g/mol. The molecule has 1 aliphatic rings. The van der Waals surface area contributed by atoms with Crippen molar-refractivity contribution in [1.82, 2.24) is 0 Å². The first kappa shape index (κ1) is 11.2. The second-order valence-electron chi connectivity index (χ2n) is 2.86. The summed E-state index contributed by atoms with van der Waals surface area (Å²) in [5.74, 6) is 0. The molecule has 0 bridgehead atoms. The zero-order valence-corrected chi connectivity index (χ0v) is 8.63. The Balaban J connectivity index is 2.29. The lowest BCUT2D eigenvalue weighted by Gasteiger charge is -2.14. The molecular weight excluding hydrogens is 191 g/mol. The highest BCUT2D eigenvalue weighted by atomic mass is 31.2. The van der Waals surface area contributed by atoms with Crippen LogP contribution in [0, 0.1) is 6.92 Å². The van der Waals surface area contributed by atoms with E-state index in [9.17, 15) is 4.57 Å². The lowest BCUT2D eigenvalue weighted by atomic mass is 10.3. The van der Waals surface area contributed by atoms with Crippen LogP contribution < -0.4 is 0 Å². The molecule has 0 unspecified atom stereocenters. The Morgan fingerprint density at radius 2 is 1.92 bits per heavy atom. The predicted octanol–water partition coefficient (Wildman–Crippen LogP) is 2.55. The van der Waals surface area contributed by atoms with Crippen LogP contribution in [-0.4, -0.2) is 19.8 Å². The van der Waals surface area contributed by atoms with Crippen LogP contribution in [-0.2, 0) is 18.1 Å². The minimum atomic E-state index is -3.21. The quantitative estimate of drug-likeness (QED) is 0.525. The van der Waals surface area contributed by atoms with Gasteiger partial charge >= 0.3 is 7.82 Å². The van der Waals surface area contributed by atoms with E-state index in [1.54, 1.807) is 0 Å². The maximum atomic E-state index is 11.6. The van der Waals surface area contributed by atoms with E-state index in [2.05, 4.69) is 6.92 Å². The summed E-state index contributed by atoms with van der Waals surface area (Å²) >= 11 is 0. The highest BCUT2D eigenvalue weighted by Crippen LogP contribution is 2.50. The van der Waals surface area contributed by atoms with E-state index in [1.807, 2.05) is 0 Å². The summed E-state index contributed by atoms with van der Waals surface area (Å²) in [6.45, 7) is 4.97. The van der Waals surface area contributed by atoms with E-state index in [1.165, 1.54) is 0 Å². The van der Waals surface area contributed by atoms with Crippen molar-refractivity contribution in [2.75, 3.05) is 19.8 Å². The molecule has 1 radical (unpaired) electrons. The molecule has 1 saturated heterocycles. The van der Waals surface area contributed by atoms with Gasteiger partial charge in [-0.3, -0.25) is 13.6 Å². The van der Waals surface area contributed by atoms with Crippen LogP contribution in [0.3, 0.4) is 0 Å². The zero-order valence-electron chi connectivity index (χ0n) is 7.74. The fourth-order valence-electron chi connectivity index (χ4n) is 0.947. The van der Waals surface area contributed by atoms with Crippen molar-refractivity contribution in [3.05, 3.63) is 6.92 Å². The van der Waals surface area contributed by atoms with Gasteiger partial charge in [-0.05, 0) is 19.3 Å². The second kappa shape index (κ2) is 5.76. The van der Waals surface area contributed by atoms with Crippen molar-refractivity contribution in [3.8, 4) is 0 Å². The van der Waals surface area contributed by atoms with Gasteiger partial charge in [-0.1, -0.05) is 13.3 Å². The highest BCUT2D eigenvalue weighted by molar-refractivity contribution is 7.48. The topological polar surface area (TPSA) is 44.8 Å². The minimum absolute atomic E-state index is 0.390. The molecule has 0 aliphatic carbocycles. The van der Waals surface area contributed by atoms with Crippen LogP contribution in [0.15, 0.2) is 0 Å². The Kier molecular flexibility index (Phi) is 4.96. The second-order valence-corrected chi connectivity index (χ2v) is 4.53. The summed E-state index contributed by atoms with van der Waals surface area (Å²) in [5, 5.41) is 0. The molecule has 0 aromatic rings. The third-order valence-electron chi connectivity index (χ3n) is 1.68. The van der Waals surface area contributed by atoms with Crippen LogP contribution in [0.1, 0.15) is 25.7 Å². The Morgan fingerprint density at radius 1 is 1.31 bits per heavy atom. The molecule has 0 spiro atoms. The van der Waals surface area contributed by atoms with Gasteiger partial charge in [0.2, 0.25) is 0 Å². The van der Waals surface area contributed by atoms with E-state index < -0.39 is 7.82 Å². The Bertz CT molecular complexity index is 171. The number of unbranched alkanes of at least 4 members (excludes halogenated alkanes) is 1. The Hall–Kier alpha value is 0.110. The largest absolute Gasteiger partial charge is 0.474 e. The highest BCUT2D eigenvalue weighted by Gasteiger charge is 2.27. The fourth-order valence-corrected chi connectivity index (χ4v) is 2.23. The first-order valence-electron chi connectivity index (χ1n) is 4.60. The standard InChI is InChI=1S/C8H16O4P/c1-2-3-6-10-13(9)11-7-4-5-8-12-13/h1-8H2. The molecular formula is C8H16O4P. The van der Waals surface area contributed by atoms with Gasteiger partial charge in [0.05, 0.1) is 19.8 Å². The molecule has 77 valence electrons. The van der Waals surface area contributed by atoms with Crippen molar-refractivity contribution in [2.24, 2.45) is 0 Å². The molecule has 1 rings (SSSR count). The van der Waals surface area contributed by atoms with Crippen LogP contribution in [0.5, 0.6) is 0 Å². The van der Waals surface area contributed by atoms with Crippen molar-refractivity contribution < 1.29 is 18.1 Å². The summed E-state index contributed by atoms with van der Waals surface area (Å²) in [6.07, 6.45) is 3.29. The predicted molar refractivity (Wildman–Crippen MR) is 49.3 cm³/mol. The van der Waals surface area contributed by atoms with Gasteiger partial charge in [0.15, 0.2) is 0 Å². The molecule has 1 aliphatic heterocycles. The smallest absolute Gasteiger partial charge is 0.287 e. The van der Waals surface area contributed by atoms with Crippen molar-refractivity contribution in [3.63, 3.8) is 0 Å². The van der Waals surface area contributed by atoms with E-state index in [0.29, 0.717) is 19.8 Å². The third-order valence-corrected chi connectivity index (χ3v) is 3.18. The Labute approximate surface area is 79.2 Å². The molecule has 1 fully saturated rings. The average molecular weight is 207 g/mol. The third kappa shape index (κ3) is 4.23. The normalized spacial score (nSPS) is 22.5. The van der Waals surface area contributed by atoms with E-state index in [-0.39, 0.29) is 0 Å². The molecule has 0 aromatic carbocycles. The summed E-state index contributed by atoms with van der Waals surface area (Å²) in [7, 11) is -3.21. The van der Waals surface area contributed by atoms with Gasteiger partial charge in [0.1, 0.15) is 0 Å². The van der Waals surface area contributed by atoms with Crippen LogP contribution in [0.25, 0.3) is 0 Å². The molecule has 5 heteroatoms. The molecule has 13 heavy (non-hydrogen) atoms.